The first-order valence-corrected chi connectivity index (χ1v) is 15.6. The number of carbonyl (C=O) groups is 4. The second-order valence-corrected chi connectivity index (χ2v) is 13.8. The predicted octanol–water partition coefficient (Wildman–Crippen LogP) is 6.28. The molecule has 0 radical (unpaired) electrons. The molecule has 2 fully saturated rings. The van der Waals surface area contributed by atoms with E-state index in [-0.39, 0.29) is 48.4 Å². The van der Waals surface area contributed by atoms with Crippen molar-refractivity contribution in [1.29, 1.82) is 0 Å². The zero-order valence-electron chi connectivity index (χ0n) is 26.5. The molecule has 3 aliphatic heterocycles. The van der Waals surface area contributed by atoms with Crippen LogP contribution in [0.25, 0.3) is 11.1 Å². The SMILES string of the molecule is CC(C)CC(=O)N1c2ccc(-c3ccc(C(=O)N4[C@@H]5CC[C@H]4CC(NC(=O)OC(C)(C)C)C5)cc3)cc2N(C(=O)O)C[C@@H]1C. The van der Waals surface area contributed by atoms with Crippen molar-refractivity contribution in [2.24, 2.45) is 5.92 Å². The van der Waals surface area contributed by atoms with Crippen molar-refractivity contribution in [2.45, 2.75) is 103 Å². The quantitative estimate of drug-likeness (QED) is 0.415. The summed E-state index contributed by atoms with van der Waals surface area (Å²) < 4.78 is 5.43. The lowest BCUT2D eigenvalue weighted by molar-refractivity contribution is -0.119. The van der Waals surface area contributed by atoms with Crippen LogP contribution in [0.4, 0.5) is 21.0 Å². The number of carbonyl (C=O) groups excluding carboxylic acids is 3. The molecule has 2 saturated heterocycles. The number of nitrogens with one attached hydrogen (secondary N) is 1. The van der Waals surface area contributed by atoms with E-state index in [1.807, 2.05) is 88.9 Å². The maximum Gasteiger partial charge on any atom is 0.411 e. The summed E-state index contributed by atoms with van der Waals surface area (Å²) in [5, 5.41) is 13.0. The third kappa shape index (κ3) is 6.54. The summed E-state index contributed by atoms with van der Waals surface area (Å²) in [4.78, 5) is 56.3. The van der Waals surface area contributed by atoms with Crippen LogP contribution in [0.15, 0.2) is 42.5 Å². The predicted molar refractivity (Wildman–Crippen MR) is 169 cm³/mol. The van der Waals surface area contributed by atoms with Gasteiger partial charge in [0.1, 0.15) is 5.60 Å². The highest BCUT2D eigenvalue weighted by Gasteiger charge is 2.44. The van der Waals surface area contributed by atoms with Crippen molar-refractivity contribution >= 4 is 35.4 Å². The van der Waals surface area contributed by atoms with Crippen LogP contribution in [-0.2, 0) is 9.53 Å². The number of alkyl carbamates (subject to hydrolysis) is 1. The molecule has 3 heterocycles. The topological polar surface area (TPSA) is 119 Å². The van der Waals surface area contributed by atoms with Crippen LogP contribution < -0.4 is 15.1 Å². The molecule has 3 aliphatic rings. The fourth-order valence-electron chi connectivity index (χ4n) is 6.87. The Balaban J connectivity index is 1.32. The van der Waals surface area contributed by atoms with E-state index in [9.17, 15) is 24.3 Å². The van der Waals surface area contributed by atoms with Gasteiger partial charge < -0.3 is 25.0 Å². The highest BCUT2D eigenvalue weighted by atomic mass is 16.6. The third-order valence-corrected chi connectivity index (χ3v) is 8.65. The highest BCUT2D eigenvalue weighted by molar-refractivity contribution is 6.03. The van der Waals surface area contributed by atoms with E-state index in [2.05, 4.69) is 5.32 Å². The van der Waals surface area contributed by atoms with Gasteiger partial charge in [0.2, 0.25) is 5.91 Å². The average molecular weight is 605 g/mol. The normalized spacial score (nSPS) is 22.9. The van der Waals surface area contributed by atoms with Gasteiger partial charge in [-0.05, 0) is 94.7 Å². The number of anilines is 2. The van der Waals surface area contributed by atoms with Gasteiger partial charge in [-0.25, -0.2) is 9.59 Å². The van der Waals surface area contributed by atoms with Crippen molar-refractivity contribution in [3.8, 4) is 11.1 Å². The van der Waals surface area contributed by atoms with E-state index in [0.717, 1.165) is 24.0 Å². The second kappa shape index (κ2) is 12.1. The van der Waals surface area contributed by atoms with Gasteiger partial charge in [-0.1, -0.05) is 32.0 Å². The monoisotopic (exact) mass is 604 g/mol. The minimum atomic E-state index is -1.06. The first-order valence-electron chi connectivity index (χ1n) is 15.6. The fourth-order valence-corrected chi connectivity index (χ4v) is 6.87. The number of amides is 4. The number of rotatable bonds is 5. The summed E-state index contributed by atoms with van der Waals surface area (Å²) in [6, 6.07) is 12.7. The molecular formula is C34H44N4O6. The van der Waals surface area contributed by atoms with Crippen LogP contribution in [0.1, 0.15) is 84.0 Å². The Morgan fingerprint density at radius 2 is 1.57 bits per heavy atom. The minimum absolute atomic E-state index is 0.0180. The van der Waals surface area contributed by atoms with E-state index in [1.165, 1.54) is 4.90 Å². The molecule has 0 spiro atoms. The molecule has 2 aromatic rings. The smallest absolute Gasteiger partial charge is 0.411 e. The molecule has 2 aromatic carbocycles. The summed E-state index contributed by atoms with van der Waals surface area (Å²) >= 11 is 0. The van der Waals surface area contributed by atoms with Gasteiger partial charge in [-0.3, -0.25) is 14.5 Å². The van der Waals surface area contributed by atoms with Crippen molar-refractivity contribution in [1.82, 2.24) is 10.2 Å². The molecule has 1 unspecified atom stereocenters. The van der Waals surface area contributed by atoms with Crippen LogP contribution in [0.2, 0.25) is 0 Å². The lowest BCUT2D eigenvalue weighted by atomic mass is 9.95. The Hall–Kier alpha value is -4.08. The summed E-state index contributed by atoms with van der Waals surface area (Å²) in [5.74, 6) is 0.148. The molecular weight excluding hydrogens is 560 g/mol. The number of ether oxygens (including phenoxy) is 1. The zero-order chi connectivity index (χ0) is 31.9. The van der Waals surface area contributed by atoms with Gasteiger partial charge in [-0.15, -0.1) is 0 Å². The molecule has 10 nitrogen and oxygen atoms in total. The van der Waals surface area contributed by atoms with E-state index in [0.29, 0.717) is 36.2 Å². The van der Waals surface area contributed by atoms with Crippen LogP contribution in [0, 0.1) is 5.92 Å². The number of piperidine rings is 1. The van der Waals surface area contributed by atoms with Gasteiger partial charge in [-0.2, -0.15) is 0 Å². The minimum Gasteiger partial charge on any atom is -0.465 e. The number of carboxylic acid groups (broad SMARTS) is 1. The lowest BCUT2D eigenvalue weighted by Crippen LogP contribution is -2.53. The summed E-state index contributed by atoms with van der Waals surface area (Å²) in [7, 11) is 0. The Morgan fingerprint density at radius 3 is 2.14 bits per heavy atom. The maximum atomic E-state index is 13.6. The summed E-state index contributed by atoms with van der Waals surface area (Å²) in [6.07, 6.45) is 2.11. The van der Waals surface area contributed by atoms with Crippen molar-refractivity contribution in [3.63, 3.8) is 0 Å². The molecule has 4 amide bonds. The molecule has 0 aromatic heterocycles. The number of benzene rings is 2. The Kier molecular flexibility index (Phi) is 8.64. The van der Waals surface area contributed by atoms with Crippen LogP contribution >= 0.6 is 0 Å². The molecule has 0 aliphatic carbocycles. The van der Waals surface area contributed by atoms with Gasteiger partial charge in [0.05, 0.1) is 17.4 Å². The summed E-state index contributed by atoms with van der Waals surface area (Å²) in [5.41, 5.74) is 2.74. The molecule has 44 heavy (non-hydrogen) atoms. The second-order valence-electron chi connectivity index (χ2n) is 13.8. The number of fused-ring (bicyclic) bond motifs is 3. The standard InChI is InChI=1S/C34H44N4O6/c1-20(2)15-30(39)37-21(3)19-36(33(42)43)29-16-24(11-14-28(29)37)22-7-9-23(10-8-22)31(40)38-26-12-13-27(38)18-25(17-26)35-32(41)44-34(4,5)6/h7-11,14,16,20-21,25-27H,12-13,15,17-19H2,1-6H3,(H,35,41)(H,42,43)/t21-,25?,26-,27+/m0/s1. The van der Waals surface area contributed by atoms with Gasteiger partial charge in [0.15, 0.2) is 0 Å². The van der Waals surface area contributed by atoms with Crippen LogP contribution in [0.5, 0.6) is 0 Å². The van der Waals surface area contributed by atoms with Crippen molar-refractivity contribution < 1.29 is 29.0 Å². The van der Waals surface area contributed by atoms with E-state index >= 15 is 0 Å². The number of hydrogen-bond acceptors (Lipinski definition) is 5. The highest BCUT2D eigenvalue weighted by Crippen LogP contribution is 2.40. The molecule has 10 heteroatoms. The first kappa shape index (κ1) is 31.3. The third-order valence-electron chi connectivity index (χ3n) is 8.65. The van der Waals surface area contributed by atoms with E-state index < -0.39 is 17.8 Å². The molecule has 4 atom stereocenters. The fraction of sp³-hybridized carbons (Fsp3) is 0.529. The Morgan fingerprint density at radius 1 is 0.955 bits per heavy atom. The van der Waals surface area contributed by atoms with E-state index in [4.69, 9.17) is 4.74 Å². The van der Waals surface area contributed by atoms with Gasteiger partial charge >= 0.3 is 12.2 Å². The van der Waals surface area contributed by atoms with E-state index in [1.54, 1.807) is 4.90 Å². The Labute approximate surface area is 259 Å². The number of nitrogens with zero attached hydrogens (tertiary/aromatic N) is 3. The molecule has 5 rings (SSSR count). The van der Waals surface area contributed by atoms with Crippen molar-refractivity contribution in [3.05, 3.63) is 48.0 Å². The lowest BCUT2D eigenvalue weighted by Gasteiger charge is -2.40. The molecule has 2 bridgehead atoms. The van der Waals surface area contributed by atoms with Crippen molar-refractivity contribution in [2.75, 3.05) is 16.3 Å². The summed E-state index contributed by atoms with van der Waals surface area (Å²) in [6.45, 7) is 11.6. The molecule has 236 valence electrons. The van der Waals surface area contributed by atoms with Crippen LogP contribution in [-0.4, -0.2) is 70.3 Å². The Bertz CT molecular complexity index is 1420. The molecule has 2 N–H and O–H groups in total. The zero-order valence-corrected chi connectivity index (χ0v) is 26.5. The van der Waals surface area contributed by atoms with Gasteiger partial charge in [0, 0.05) is 36.7 Å². The van der Waals surface area contributed by atoms with Gasteiger partial charge in [0.25, 0.3) is 5.91 Å². The average Bonchev–Trinajstić information content (AvgIpc) is 3.20. The largest absolute Gasteiger partial charge is 0.465 e. The van der Waals surface area contributed by atoms with Crippen LogP contribution in [0.3, 0.4) is 0 Å². The maximum absolute atomic E-state index is 13.6. The molecule has 0 saturated carbocycles. The number of hydrogen-bond donors (Lipinski definition) is 2. The first-order chi connectivity index (χ1) is 20.7.